The molecule has 9 heteroatoms. The number of hydrogen-bond acceptors (Lipinski definition) is 6. The van der Waals surface area contributed by atoms with Crippen LogP contribution in [-0.2, 0) is 12.7 Å². The number of halogens is 3. The number of nitrogens with zero attached hydrogens (tertiary/aromatic N) is 5. The van der Waals surface area contributed by atoms with Crippen LogP contribution in [0.2, 0.25) is 0 Å². The fraction of sp³-hybridized carbons (Fsp3) is 0.500. The zero-order valence-electron chi connectivity index (χ0n) is 15.1. The van der Waals surface area contributed by atoms with Gasteiger partial charge in [0.15, 0.2) is 5.16 Å². The predicted molar refractivity (Wildman–Crippen MR) is 97.7 cm³/mol. The van der Waals surface area contributed by atoms with Gasteiger partial charge in [0.05, 0.1) is 0 Å². The molecule has 4 heterocycles. The van der Waals surface area contributed by atoms with Crippen molar-refractivity contribution in [3.05, 3.63) is 41.3 Å². The molecule has 0 amide bonds. The Morgan fingerprint density at radius 3 is 2.59 bits per heavy atom. The predicted octanol–water partition coefficient (Wildman–Crippen LogP) is 3.38. The molecule has 2 saturated heterocycles. The average Bonchev–Trinajstić information content (AvgIpc) is 3.21. The van der Waals surface area contributed by atoms with E-state index >= 15 is 0 Å². The molecule has 2 aliphatic rings. The molecule has 0 N–H and O–H groups in total. The molecule has 2 atom stereocenters. The monoisotopic (exact) mass is 395 g/mol. The molecule has 27 heavy (non-hydrogen) atoms. The Morgan fingerprint density at radius 2 is 2.00 bits per heavy atom. The molecule has 0 aliphatic carbocycles. The van der Waals surface area contributed by atoms with Gasteiger partial charge in [-0.2, -0.15) is 13.2 Å². The van der Waals surface area contributed by atoms with Gasteiger partial charge >= 0.3 is 6.18 Å². The second kappa shape index (κ2) is 6.94. The van der Waals surface area contributed by atoms with Crippen LogP contribution in [0, 0.1) is 6.92 Å². The lowest BCUT2D eigenvalue weighted by Crippen LogP contribution is -2.46. The molecule has 2 unspecified atom stereocenters. The van der Waals surface area contributed by atoms with Gasteiger partial charge in [-0.3, -0.25) is 9.88 Å². The number of likely N-dealkylation sites (tertiary alicyclic amines) is 1. The summed E-state index contributed by atoms with van der Waals surface area (Å²) in [5.74, 6) is 0.968. The van der Waals surface area contributed by atoms with Crippen molar-refractivity contribution in [1.29, 1.82) is 0 Å². The van der Waals surface area contributed by atoms with Crippen LogP contribution in [0.15, 0.2) is 29.6 Å². The molecule has 0 spiro atoms. The van der Waals surface area contributed by atoms with Crippen molar-refractivity contribution in [3.8, 4) is 0 Å². The van der Waals surface area contributed by atoms with Crippen molar-refractivity contribution < 1.29 is 13.2 Å². The molecule has 144 valence electrons. The van der Waals surface area contributed by atoms with E-state index in [0.717, 1.165) is 47.8 Å². The van der Waals surface area contributed by atoms with Crippen LogP contribution in [-0.4, -0.2) is 51.3 Å². The Bertz CT molecular complexity index is 827. The molecule has 2 fully saturated rings. The third-order valence-electron chi connectivity index (χ3n) is 5.15. The third kappa shape index (κ3) is 3.75. The summed E-state index contributed by atoms with van der Waals surface area (Å²) in [6.07, 6.45) is -0.0393. The zero-order chi connectivity index (χ0) is 19.2. The van der Waals surface area contributed by atoms with E-state index in [-0.39, 0.29) is 0 Å². The number of piperazine rings is 1. The highest BCUT2D eigenvalue weighted by Crippen LogP contribution is 2.35. The lowest BCUT2D eigenvalue weighted by molar-refractivity contribution is -0.141. The van der Waals surface area contributed by atoms with Crippen LogP contribution >= 0.6 is 11.8 Å². The van der Waals surface area contributed by atoms with Crippen LogP contribution in [0.25, 0.3) is 0 Å². The summed E-state index contributed by atoms with van der Waals surface area (Å²) in [6.45, 7) is 4.36. The normalized spacial score (nSPS) is 22.6. The minimum absolute atomic E-state index is 0.376. The Morgan fingerprint density at radius 1 is 1.19 bits per heavy atom. The van der Waals surface area contributed by atoms with Gasteiger partial charge < -0.3 is 4.90 Å². The number of anilines is 1. The van der Waals surface area contributed by atoms with E-state index in [0.29, 0.717) is 18.6 Å². The number of hydrogen-bond donors (Lipinski definition) is 0. The highest BCUT2D eigenvalue weighted by molar-refractivity contribution is 7.98. The first kappa shape index (κ1) is 18.5. The van der Waals surface area contributed by atoms with Gasteiger partial charge in [-0.25, -0.2) is 9.97 Å². The molecule has 2 bridgehead atoms. The molecule has 5 nitrogen and oxygen atoms in total. The van der Waals surface area contributed by atoms with Crippen LogP contribution in [0.3, 0.4) is 0 Å². The van der Waals surface area contributed by atoms with Crippen LogP contribution in [0.1, 0.15) is 23.4 Å². The Kier molecular flexibility index (Phi) is 4.75. The van der Waals surface area contributed by atoms with Crippen molar-refractivity contribution >= 4 is 17.6 Å². The number of fused-ring (bicyclic) bond motifs is 2. The van der Waals surface area contributed by atoms with Gasteiger partial charge in [-0.1, -0.05) is 17.8 Å². The second-order valence-corrected chi connectivity index (χ2v) is 7.80. The van der Waals surface area contributed by atoms with E-state index in [2.05, 4.69) is 24.8 Å². The summed E-state index contributed by atoms with van der Waals surface area (Å²) < 4.78 is 37.9. The molecular formula is C18H20F3N5S. The fourth-order valence-electron chi connectivity index (χ4n) is 3.91. The maximum absolute atomic E-state index is 12.6. The molecular weight excluding hydrogens is 375 g/mol. The standard InChI is InChI=1S/C18H20F3N5S/c1-11-5-16(24-17(23-11)27-2)26-10-13-6-14(26)9-25(13)8-12-3-4-15(22-7-12)18(19,20)21/h3-5,7,13-14H,6,8-10H2,1-2H3. The summed E-state index contributed by atoms with van der Waals surface area (Å²) in [6, 6.07) is 5.36. The minimum Gasteiger partial charge on any atom is -0.351 e. The molecule has 0 saturated carbocycles. The van der Waals surface area contributed by atoms with Crippen molar-refractivity contribution in [2.24, 2.45) is 0 Å². The summed E-state index contributed by atoms with van der Waals surface area (Å²) in [5.41, 5.74) is 0.925. The zero-order valence-corrected chi connectivity index (χ0v) is 15.9. The van der Waals surface area contributed by atoms with Gasteiger partial charge in [0, 0.05) is 49.7 Å². The van der Waals surface area contributed by atoms with E-state index in [9.17, 15) is 13.2 Å². The maximum atomic E-state index is 12.6. The first-order valence-corrected chi connectivity index (χ1v) is 9.98. The molecule has 2 aromatic heterocycles. The lowest BCUT2D eigenvalue weighted by atomic mass is 10.2. The van der Waals surface area contributed by atoms with E-state index < -0.39 is 11.9 Å². The smallest absolute Gasteiger partial charge is 0.351 e. The highest BCUT2D eigenvalue weighted by Gasteiger charge is 2.43. The number of aromatic nitrogens is 3. The van der Waals surface area contributed by atoms with Crippen molar-refractivity contribution in [3.63, 3.8) is 0 Å². The lowest BCUT2D eigenvalue weighted by Gasteiger charge is -2.35. The Labute approximate surface area is 160 Å². The first-order valence-electron chi connectivity index (χ1n) is 8.76. The Hall–Kier alpha value is -1.87. The van der Waals surface area contributed by atoms with Crippen molar-refractivity contribution in [1.82, 2.24) is 19.9 Å². The summed E-state index contributed by atoms with van der Waals surface area (Å²) in [7, 11) is 0. The van der Waals surface area contributed by atoms with Crippen LogP contribution in [0.5, 0.6) is 0 Å². The summed E-state index contributed by atoms with van der Waals surface area (Å²) in [4.78, 5) is 17.3. The number of aryl methyl sites for hydroxylation is 1. The van der Waals surface area contributed by atoms with Crippen LogP contribution < -0.4 is 4.90 Å². The number of pyridine rings is 1. The fourth-order valence-corrected chi connectivity index (χ4v) is 4.33. The SMILES string of the molecule is CSc1nc(C)cc(N2CC3CC2CN3Cc2ccc(C(F)(F)F)nc2)n1. The first-order chi connectivity index (χ1) is 12.8. The number of rotatable bonds is 4. The van der Waals surface area contributed by atoms with Gasteiger partial charge in [0.25, 0.3) is 0 Å². The van der Waals surface area contributed by atoms with Crippen LogP contribution in [0.4, 0.5) is 19.0 Å². The van der Waals surface area contributed by atoms with Crippen molar-refractivity contribution in [2.45, 2.75) is 43.3 Å². The molecule has 2 aromatic rings. The van der Waals surface area contributed by atoms with E-state index in [1.807, 2.05) is 19.2 Å². The molecule has 0 radical (unpaired) electrons. The molecule has 4 rings (SSSR count). The second-order valence-electron chi connectivity index (χ2n) is 7.03. The number of thioether (sulfide) groups is 1. The van der Waals surface area contributed by atoms with Gasteiger partial charge in [-0.15, -0.1) is 0 Å². The van der Waals surface area contributed by atoms with Crippen molar-refractivity contribution in [2.75, 3.05) is 24.2 Å². The molecule has 2 aliphatic heterocycles. The average molecular weight is 395 g/mol. The summed E-state index contributed by atoms with van der Waals surface area (Å²) in [5, 5.41) is 0.778. The highest BCUT2D eigenvalue weighted by atomic mass is 32.2. The van der Waals surface area contributed by atoms with E-state index in [1.54, 1.807) is 0 Å². The van der Waals surface area contributed by atoms with Gasteiger partial charge in [0.2, 0.25) is 0 Å². The number of alkyl halides is 3. The van der Waals surface area contributed by atoms with E-state index in [4.69, 9.17) is 0 Å². The van der Waals surface area contributed by atoms with Gasteiger partial charge in [-0.05, 0) is 31.2 Å². The van der Waals surface area contributed by atoms with Gasteiger partial charge in [0.1, 0.15) is 11.5 Å². The minimum atomic E-state index is -4.39. The largest absolute Gasteiger partial charge is 0.433 e. The Balaban J connectivity index is 1.42. The summed E-state index contributed by atoms with van der Waals surface area (Å²) >= 11 is 1.53. The topological polar surface area (TPSA) is 45.2 Å². The van der Waals surface area contributed by atoms with E-state index in [1.165, 1.54) is 24.0 Å². The maximum Gasteiger partial charge on any atom is 0.433 e. The molecule has 0 aromatic carbocycles. The third-order valence-corrected chi connectivity index (χ3v) is 5.70. The quantitative estimate of drug-likeness (QED) is 0.584.